The second-order valence-electron chi connectivity index (χ2n) is 7.69. The molecule has 0 unspecified atom stereocenters. The number of fused-ring (bicyclic) bond motifs is 2. The van der Waals surface area contributed by atoms with Gasteiger partial charge in [-0.15, -0.1) is 11.3 Å². The average Bonchev–Trinajstić information content (AvgIpc) is 3.53. The van der Waals surface area contributed by atoms with Gasteiger partial charge in [-0.3, -0.25) is 4.79 Å². The number of hydrogen-bond acceptors (Lipinski definition) is 7. The molecule has 8 nitrogen and oxygen atoms in total. The maximum Gasteiger partial charge on any atom is 0.246 e. The molecule has 5 rings (SSSR count). The van der Waals surface area contributed by atoms with Gasteiger partial charge < -0.3 is 10.6 Å². The number of halogens is 1. The van der Waals surface area contributed by atoms with Crippen LogP contribution >= 0.6 is 11.3 Å². The second kappa shape index (κ2) is 8.26. The third-order valence-corrected chi connectivity index (χ3v) is 6.82. The van der Waals surface area contributed by atoms with E-state index in [2.05, 4.69) is 38.5 Å². The molecule has 0 bridgehead atoms. The lowest BCUT2D eigenvalue weighted by atomic mass is 10.2. The smallest absolute Gasteiger partial charge is 0.246 e. The summed E-state index contributed by atoms with van der Waals surface area (Å²) in [5.74, 6) is 5.55. The van der Waals surface area contributed by atoms with Crippen molar-refractivity contribution in [2.45, 2.75) is 25.8 Å². The number of nitrogen functional groups attached to an aromatic ring is 1. The van der Waals surface area contributed by atoms with Gasteiger partial charge in [0.1, 0.15) is 23.7 Å². The molecule has 4 aromatic rings. The first-order valence-electron chi connectivity index (χ1n) is 10.5. The minimum Gasteiger partial charge on any atom is -0.383 e. The highest BCUT2D eigenvalue weighted by Gasteiger charge is 2.29. The van der Waals surface area contributed by atoms with Crippen molar-refractivity contribution in [1.29, 1.82) is 0 Å². The largest absolute Gasteiger partial charge is 0.383 e. The van der Waals surface area contributed by atoms with Gasteiger partial charge in [-0.2, -0.15) is 5.10 Å². The normalized spacial score (nSPS) is 15.7. The maximum absolute atomic E-state index is 14.7. The Labute approximate surface area is 193 Å². The van der Waals surface area contributed by atoms with Crippen LogP contribution < -0.4 is 5.73 Å². The van der Waals surface area contributed by atoms with E-state index in [-0.39, 0.29) is 23.3 Å². The van der Waals surface area contributed by atoms with E-state index in [1.165, 1.54) is 29.8 Å². The molecule has 4 heterocycles. The average molecular weight is 462 g/mol. The number of carbonyl (C=O) groups excluding carboxylic acids is 1. The number of nitrogens with two attached hydrogens (primary N) is 1. The molecular formula is C23H20FN7OS. The first-order valence-corrected chi connectivity index (χ1v) is 11.3. The molecule has 1 aromatic carbocycles. The van der Waals surface area contributed by atoms with Crippen molar-refractivity contribution in [3.05, 3.63) is 53.2 Å². The summed E-state index contributed by atoms with van der Waals surface area (Å²) in [5.41, 5.74) is 7.98. The molecule has 1 saturated heterocycles. The number of hydrogen-bond donors (Lipinski definition) is 1. The van der Waals surface area contributed by atoms with Crippen molar-refractivity contribution in [2.75, 3.05) is 18.8 Å². The second-order valence-corrected chi connectivity index (χ2v) is 8.81. The first-order chi connectivity index (χ1) is 16.0. The van der Waals surface area contributed by atoms with Crippen LogP contribution in [-0.2, 0) is 11.2 Å². The van der Waals surface area contributed by atoms with Gasteiger partial charge in [0.2, 0.25) is 5.91 Å². The fraction of sp³-hybridized carbons (Fsp3) is 0.261. The van der Waals surface area contributed by atoms with Crippen molar-refractivity contribution >= 4 is 44.3 Å². The summed E-state index contributed by atoms with van der Waals surface area (Å²) in [6.07, 6.45) is 4.18. The summed E-state index contributed by atoms with van der Waals surface area (Å²) in [6, 6.07) is 3.03. The van der Waals surface area contributed by atoms with Gasteiger partial charge in [-0.1, -0.05) is 19.4 Å². The van der Waals surface area contributed by atoms with Crippen LogP contribution in [0.2, 0.25) is 0 Å². The summed E-state index contributed by atoms with van der Waals surface area (Å²) >= 11 is 1.48. The molecule has 1 atom stereocenters. The number of carbonyl (C=O) groups is 1. The Bertz CT molecular complexity index is 1480. The highest BCUT2D eigenvalue weighted by molar-refractivity contribution is 7.18. The molecule has 2 N–H and O–H groups in total. The maximum atomic E-state index is 14.7. The van der Waals surface area contributed by atoms with Gasteiger partial charge in [0.05, 0.1) is 32.2 Å². The molecule has 1 aliphatic heterocycles. The molecular weight excluding hydrogens is 441 g/mol. The van der Waals surface area contributed by atoms with E-state index in [1.807, 2.05) is 6.92 Å². The molecule has 3 aromatic heterocycles. The molecule has 0 radical (unpaired) electrons. The standard InChI is InChI=1S/C23H20FN7OS/c1-3-19-28-17-9-13(15(24)10-18(17)33-19)5-6-16-21-22(25)26-12-27-23(21)31(29-16)14-7-8-30(11-14)20(32)4-2/h4,9-10,12,14H,2-3,7-8,11H2,1H3,(H2,25,26,27)/t14-/m0/s1. The van der Waals surface area contributed by atoms with Crippen LogP contribution in [0.4, 0.5) is 10.2 Å². The van der Waals surface area contributed by atoms with E-state index in [1.54, 1.807) is 15.6 Å². The van der Waals surface area contributed by atoms with Crippen molar-refractivity contribution in [1.82, 2.24) is 29.6 Å². The minimum absolute atomic E-state index is 0.0863. The predicted octanol–water partition coefficient (Wildman–Crippen LogP) is 3.08. The number of aryl methyl sites for hydroxylation is 1. The van der Waals surface area contributed by atoms with E-state index in [9.17, 15) is 9.18 Å². The van der Waals surface area contributed by atoms with Gasteiger partial charge in [-0.05, 0) is 37.0 Å². The van der Waals surface area contributed by atoms with Crippen LogP contribution in [0, 0.1) is 17.7 Å². The number of thiazole rings is 1. The Kier molecular flexibility index (Phi) is 5.26. The topological polar surface area (TPSA) is 103 Å². The van der Waals surface area contributed by atoms with Crippen molar-refractivity contribution in [2.24, 2.45) is 0 Å². The summed E-state index contributed by atoms with van der Waals surface area (Å²) < 4.78 is 17.2. The van der Waals surface area contributed by atoms with E-state index in [0.29, 0.717) is 36.2 Å². The van der Waals surface area contributed by atoms with Crippen molar-refractivity contribution < 1.29 is 9.18 Å². The highest BCUT2D eigenvalue weighted by Crippen LogP contribution is 2.29. The summed E-state index contributed by atoms with van der Waals surface area (Å²) in [6.45, 7) is 6.64. The quantitative estimate of drug-likeness (QED) is 0.372. The van der Waals surface area contributed by atoms with E-state index >= 15 is 0 Å². The SMILES string of the molecule is C=CC(=O)N1CC[C@H](n2nc(C#Cc3cc4nc(CC)sc4cc3F)c3c(N)ncnc32)C1. The molecule has 1 fully saturated rings. The Hall–Kier alpha value is -3.84. The van der Waals surface area contributed by atoms with Gasteiger partial charge in [0, 0.05) is 13.1 Å². The number of likely N-dealkylation sites (tertiary alicyclic amines) is 1. The molecule has 166 valence electrons. The van der Waals surface area contributed by atoms with E-state index in [0.717, 1.165) is 21.6 Å². The zero-order valence-electron chi connectivity index (χ0n) is 17.9. The molecule has 0 aliphatic carbocycles. The lowest BCUT2D eigenvalue weighted by Gasteiger charge is -2.14. The van der Waals surface area contributed by atoms with Gasteiger partial charge in [0.25, 0.3) is 0 Å². The third kappa shape index (κ3) is 3.70. The fourth-order valence-corrected chi connectivity index (χ4v) is 4.89. The summed E-state index contributed by atoms with van der Waals surface area (Å²) in [5, 5.41) is 6.10. The Morgan fingerprint density at radius 1 is 1.39 bits per heavy atom. The predicted molar refractivity (Wildman–Crippen MR) is 125 cm³/mol. The summed E-state index contributed by atoms with van der Waals surface area (Å²) in [4.78, 5) is 26.7. The molecule has 1 amide bonds. The van der Waals surface area contributed by atoms with E-state index in [4.69, 9.17) is 5.73 Å². The fourth-order valence-electron chi connectivity index (χ4n) is 3.98. The zero-order chi connectivity index (χ0) is 23.1. The number of nitrogens with zero attached hydrogens (tertiary/aromatic N) is 6. The molecule has 1 aliphatic rings. The first kappa shape index (κ1) is 21.0. The Balaban J connectivity index is 1.56. The lowest BCUT2D eigenvalue weighted by Crippen LogP contribution is -2.27. The number of aromatic nitrogens is 5. The number of anilines is 1. The van der Waals surface area contributed by atoms with Crippen LogP contribution in [0.5, 0.6) is 0 Å². The lowest BCUT2D eigenvalue weighted by molar-refractivity contribution is -0.125. The Morgan fingerprint density at radius 2 is 2.24 bits per heavy atom. The van der Waals surface area contributed by atoms with Crippen LogP contribution in [-0.4, -0.2) is 48.6 Å². The molecule has 0 saturated carbocycles. The van der Waals surface area contributed by atoms with Gasteiger partial charge in [-0.25, -0.2) is 24.0 Å². The molecule has 33 heavy (non-hydrogen) atoms. The van der Waals surface area contributed by atoms with Crippen molar-refractivity contribution in [3.63, 3.8) is 0 Å². The van der Waals surface area contributed by atoms with E-state index < -0.39 is 5.82 Å². The monoisotopic (exact) mass is 461 g/mol. The van der Waals surface area contributed by atoms with Crippen LogP contribution in [0.15, 0.2) is 31.1 Å². The van der Waals surface area contributed by atoms with Gasteiger partial charge in [0.15, 0.2) is 5.65 Å². The number of amides is 1. The third-order valence-electron chi connectivity index (χ3n) is 5.65. The van der Waals surface area contributed by atoms with Crippen LogP contribution in [0.3, 0.4) is 0 Å². The highest BCUT2D eigenvalue weighted by atomic mass is 32.1. The number of benzene rings is 1. The molecule has 10 heteroatoms. The molecule has 0 spiro atoms. The Morgan fingerprint density at radius 3 is 3.03 bits per heavy atom. The zero-order valence-corrected chi connectivity index (χ0v) is 18.7. The van der Waals surface area contributed by atoms with Crippen molar-refractivity contribution in [3.8, 4) is 11.8 Å². The number of rotatable bonds is 3. The van der Waals surface area contributed by atoms with Crippen LogP contribution in [0.1, 0.15) is 35.7 Å². The minimum atomic E-state index is -0.413. The van der Waals surface area contributed by atoms with Gasteiger partial charge >= 0.3 is 0 Å². The summed E-state index contributed by atoms with van der Waals surface area (Å²) in [7, 11) is 0. The van der Waals surface area contributed by atoms with Crippen LogP contribution in [0.25, 0.3) is 21.3 Å².